The first-order chi connectivity index (χ1) is 15.3. The summed E-state index contributed by atoms with van der Waals surface area (Å²) in [7, 11) is 1.44. The molecule has 2 aromatic heterocycles. The molecular weight excluding hydrogens is 425 g/mol. The van der Waals surface area contributed by atoms with Crippen LogP contribution in [0.15, 0.2) is 23.0 Å². The lowest BCUT2D eigenvalue weighted by molar-refractivity contribution is 0.0957. The number of carbonyl (C=O) groups is 1. The molecule has 1 aliphatic rings. The van der Waals surface area contributed by atoms with Crippen molar-refractivity contribution in [2.24, 2.45) is 0 Å². The number of halogens is 3. The second kappa shape index (κ2) is 8.58. The molecule has 1 aromatic carbocycles. The van der Waals surface area contributed by atoms with Crippen molar-refractivity contribution in [1.82, 2.24) is 25.2 Å². The average molecular weight is 446 g/mol. The van der Waals surface area contributed by atoms with Crippen LogP contribution in [-0.2, 0) is 6.54 Å². The van der Waals surface area contributed by atoms with Crippen LogP contribution in [-0.4, -0.2) is 59.0 Å². The minimum Gasteiger partial charge on any atom is -0.365 e. The van der Waals surface area contributed by atoms with Crippen molar-refractivity contribution in [1.29, 1.82) is 0 Å². The van der Waals surface area contributed by atoms with Crippen molar-refractivity contribution in [2.75, 3.05) is 38.1 Å². The maximum absolute atomic E-state index is 14.9. The van der Waals surface area contributed by atoms with E-state index in [2.05, 4.69) is 20.3 Å². The molecule has 0 radical (unpaired) electrons. The van der Waals surface area contributed by atoms with Gasteiger partial charge in [-0.2, -0.15) is 4.39 Å². The highest BCUT2D eigenvalue weighted by Crippen LogP contribution is 2.24. The molecule has 0 unspecified atom stereocenters. The SMILES string of the molecule is CNC(=O)c1ccc(N2CCN(Cc3cc(F)c4nc(C)c(=O)[nH]c4c3F)CC2)c(F)n1. The number of hydrogen-bond acceptors (Lipinski definition) is 6. The standard InChI is InChI=1S/C21H21F3N6O2/c1-11-20(31)28-18-16(23)12(9-13(22)17(18)26-11)10-29-5-7-30(8-6-29)15-4-3-14(21(32)25-2)27-19(15)24/h3-4,9H,5-8,10H2,1-2H3,(H,25,32)(H,28,31). The normalized spacial score (nSPS) is 14.7. The molecule has 1 fully saturated rings. The number of amides is 1. The van der Waals surface area contributed by atoms with Gasteiger partial charge in [0.1, 0.15) is 22.4 Å². The molecule has 11 heteroatoms. The van der Waals surface area contributed by atoms with Crippen LogP contribution in [0.3, 0.4) is 0 Å². The Morgan fingerprint density at radius 3 is 2.53 bits per heavy atom. The molecule has 1 amide bonds. The molecule has 0 bridgehead atoms. The van der Waals surface area contributed by atoms with Crippen molar-refractivity contribution < 1.29 is 18.0 Å². The lowest BCUT2D eigenvalue weighted by atomic mass is 10.1. The van der Waals surface area contributed by atoms with E-state index in [1.54, 1.807) is 4.90 Å². The number of aromatic nitrogens is 3. The predicted octanol–water partition coefficient (Wildman–Crippen LogP) is 1.73. The van der Waals surface area contributed by atoms with Crippen molar-refractivity contribution in [3.8, 4) is 0 Å². The van der Waals surface area contributed by atoms with E-state index in [1.807, 2.05) is 4.90 Å². The zero-order valence-corrected chi connectivity index (χ0v) is 17.5. The second-order valence-corrected chi connectivity index (χ2v) is 7.56. The van der Waals surface area contributed by atoms with Crippen molar-refractivity contribution in [2.45, 2.75) is 13.5 Å². The van der Waals surface area contributed by atoms with Gasteiger partial charge in [-0.05, 0) is 25.1 Å². The third-order valence-electron chi connectivity index (χ3n) is 5.51. The Morgan fingerprint density at radius 2 is 1.88 bits per heavy atom. The van der Waals surface area contributed by atoms with E-state index in [4.69, 9.17) is 0 Å². The van der Waals surface area contributed by atoms with E-state index in [9.17, 15) is 22.8 Å². The quantitative estimate of drug-likeness (QED) is 0.593. The molecule has 3 aromatic rings. The summed E-state index contributed by atoms with van der Waals surface area (Å²) in [5.74, 6) is -2.64. The Kier molecular flexibility index (Phi) is 5.83. The van der Waals surface area contributed by atoms with E-state index in [-0.39, 0.29) is 40.2 Å². The number of anilines is 1. The molecule has 168 valence electrons. The van der Waals surface area contributed by atoms with Crippen molar-refractivity contribution in [3.63, 3.8) is 0 Å². The summed E-state index contributed by atoms with van der Waals surface area (Å²) in [5, 5.41) is 2.39. The van der Waals surface area contributed by atoms with E-state index in [0.717, 1.165) is 6.07 Å². The summed E-state index contributed by atoms with van der Waals surface area (Å²) in [6, 6.07) is 4.05. The van der Waals surface area contributed by atoms with Gasteiger partial charge in [-0.1, -0.05) is 0 Å². The first-order valence-corrected chi connectivity index (χ1v) is 10.0. The number of fused-ring (bicyclic) bond motifs is 1. The first-order valence-electron chi connectivity index (χ1n) is 10.0. The predicted molar refractivity (Wildman–Crippen MR) is 112 cm³/mol. The Morgan fingerprint density at radius 1 is 1.16 bits per heavy atom. The first kappa shape index (κ1) is 21.8. The van der Waals surface area contributed by atoms with Gasteiger partial charge in [-0.25, -0.2) is 18.7 Å². The number of carbonyl (C=O) groups excluding carboxylic acids is 1. The second-order valence-electron chi connectivity index (χ2n) is 7.56. The van der Waals surface area contributed by atoms with Crippen LogP contribution in [0.4, 0.5) is 18.9 Å². The fourth-order valence-electron chi connectivity index (χ4n) is 3.73. The van der Waals surface area contributed by atoms with Gasteiger partial charge in [-0.15, -0.1) is 0 Å². The van der Waals surface area contributed by atoms with Gasteiger partial charge in [0.25, 0.3) is 11.5 Å². The molecule has 1 aliphatic heterocycles. The fraction of sp³-hybridized carbons (Fsp3) is 0.333. The van der Waals surface area contributed by atoms with Gasteiger partial charge in [0, 0.05) is 45.3 Å². The largest absolute Gasteiger partial charge is 0.365 e. The van der Waals surface area contributed by atoms with Gasteiger partial charge >= 0.3 is 0 Å². The smallest absolute Gasteiger partial charge is 0.269 e. The maximum atomic E-state index is 14.9. The highest BCUT2D eigenvalue weighted by atomic mass is 19.1. The molecule has 32 heavy (non-hydrogen) atoms. The van der Waals surface area contributed by atoms with E-state index in [0.29, 0.717) is 26.2 Å². The third kappa shape index (κ3) is 4.03. The van der Waals surface area contributed by atoms with E-state index >= 15 is 0 Å². The number of rotatable bonds is 4. The molecule has 0 atom stereocenters. The van der Waals surface area contributed by atoms with Crippen LogP contribution >= 0.6 is 0 Å². The van der Waals surface area contributed by atoms with Crippen LogP contribution in [0.5, 0.6) is 0 Å². The van der Waals surface area contributed by atoms with Crippen LogP contribution in [0.1, 0.15) is 21.7 Å². The summed E-state index contributed by atoms with van der Waals surface area (Å²) in [5.41, 5.74) is -0.602. The van der Waals surface area contributed by atoms with Gasteiger partial charge in [0.15, 0.2) is 11.6 Å². The van der Waals surface area contributed by atoms with Crippen LogP contribution < -0.4 is 15.8 Å². The van der Waals surface area contributed by atoms with E-state index in [1.165, 1.54) is 26.1 Å². The van der Waals surface area contributed by atoms with Crippen LogP contribution in [0, 0.1) is 24.5 Å². The summed E-state index contributed by atoms with van der Waals surface area (Å²) < 4.78 is 43.8. The van der Waals surface area contributed by atoms with Gasteiger partial charge in [-0.3, -0.25) is 14.5 Å². The molecule has 4 rings (SSSR count). The maximum Gasteiger partial charge on any atom is 0.269 e. The summed E-state index contributed by atoms with van der Waals surface area (Å²) in [4.78, 5) is 37.0. The monoisotopic (exact) mass is 446 g/mol. The van der Waals surface area contributed by atoms with Gasteiger partial charge < -0.3 is 15.2 Å². The lowest BCUT2D eigenvalue weighted by Gasteiger charge is -2.36. The molecule has 2 N–H and O–H groups in total. The Balaban J connectivity index is 1.48. The molecule has 8 nitrogen and oxygen atoms in total. The number of nitrogens with one attached hydrogen (secondary N) is 2. The number of aryl methyl sites for hydroxylation is 1. The number of H-pyrrole nitrogens is 1. The van der Waals surface area contributed by atoms with E-state index < -0.39 is 29.0 Å². The Hall–Kier alpha value is -3.47. The summed E-state index contributed by atoms with van der Waals surface area (Å²) in [6.07, 6.45) is 0. The minimum absolute atomic E-state index is 0.0103. The van der Waals surface area contributed by atoms with Gasteiger partial charge in [0.05, 0.1) is 5.69 Å². The zero-order valence-electron chi connectivity index (χ0n) is 17.5. The van der Waals surface area contributed by atoms with Crippen LogP contribution in [0.2, 0.25) is 0 Å². The molecule has 1 saturated heterocycles. The molecule has 0 spiro atoms. The molecular formula is C21H21F3N6O2. The number of pyridine rings is 1. The van der Waals surface area contributed by atoms with Crippen molar-refractivity contribution in [3.05, 3.63) is 63.1 Å². The number of hydrogen-bond donors (Lipinski definition) is 2. The average Bonchev–Trinajstić information content (AvgIpc) is 2.78. The van der Waals surface area contributed by atoms with Crippen molar-refractivity contribution >= 4 is 22.6 Å². The van der Waals surface area contributed by atoms with Gasteiger partial charge in [0.2, 0.25) is 5.95 Å². The highest BCUT2D eigenvalue weighted by molar-refractivity contribution is 5.92. The Bertz CT molecular complexity index is 1250. The zero-order chi connectivity index (χ0) is 23.0. The minimum atomic E-state index is -0.742. The van der Waals surface area contributed by atoms with Crippen LogP contribution in [0.25, 0.3) is 11.0 Å². The molecule has 3 heterocycles. The highest BCUT2D eigenvalue weighted by Gasteiger charge is 2.23. The summed E-state index contributed by atoms with van der Waals surface area (Å²) in [6.45, 7) is 3.36. The third-order valence-corrected chi connectivity index (χ3v) is 5.51. The number of piperazine rings is 1. The Labute approximate surface area is 181 Å². The fourth-order valence-corrected chi connectivity index (χ4v) is 3.73. The summed E-state index contributed by atoms with van der Waals surface area (Å²) >= 11 is 0. The number of nitrogens with zero attached hydrogens (tertiary/aromatic N) is 4. The number of aromatic amines is 1. The topological polar surface area (TPSA) is 94.2 Å². The number of benzene rings is 1. The lowest BCUT2D eigenvalue weighted by Crippen LogP contribution is -2.46. The molecule has 0 aliphatic carbocycles. The molecule has 0 saturated carbocycles.